The van der Waals surface area contributed by atoms with Crippen LogP contribution in [0.5, 0.6) is 5.75 Å². The summed E-state index contributed by atoms with van der Waals surface area (Å²) in [4.78, 5) is 29.5. The lowest BCUT2D eigenvalue weighted by Gasteiger charge is -2.32. The molecule has 0 unspecified atom stereocenters. The number of carbonyl (C=O) groups is 2. The van der Waals surface area contributed by atoms with E-state index < -0.39 is 0 Å². The average molecular weight is 367 g/mol. The van der Waals surface area contributed by atoms with Crippen LogP contribution >= 0.6 is 0 Å². The number of rotatable bonds is 5. The van der Waals surface area contributed by atoms with Gasteiger partial charge >= 0.3 is 0 Å². The predicted molar refractivity (Wildman–Crippen MR) is 105 cm³/mol. The van der Waals surface area contributed by atoms with E-state index in [1.165, 1.54) is 0 Å². The van der Waals surface area contributed by atoms with E-state index in [0.29, 0.717) is 36.5 Å². The number of anilines is 1. The molecule has 1 N–H and O–H groups in total. The van der Waals surface area contributed by atoms with Crippen LogP contribution in [0.3, 0.4) is 0 Å². The molecule has 1 saturated heterocycles. The Balaban J connectivity index is 1.73. The lowest BCUT2D eigenvalue weighted by molar-refractivity contribution is 0.0665. The zero-order valence-corrected chi connectivity index (χ0v) is 15.8. The van der Waals surface area contributed by atoms with Crippen LogP contribution in [0, 0.1) is 0 Å². The summed E-state index contributed by atoms with van der Waals surface area (Å²) >= 11 is 0. The van der Waals surface area contributed by atoms with Crippen molar-refractivity contribution in [3.05, 3.63) is 59.7 Å². The van der Waals surface area contributed by atoms with Crippen LogP contribution < -0.4 is 10.1 Å². The van der Waals surface area contributed by atoms with Crippen LogP contribution in [0.2, 0.25) is 0 Å². The SMILES string of the molecule is CCOc1ccc(C(=O)Nc2ccccc2C(=O)N2CCN(C)CC2)cc1. The Hall–Kier alpha value is -2.86. The second-order valence-electron chi connectivity index (χ2n) is 6.55. The van der Waals surface area contributed by atoms with Gasteiger partial charge in [-0.3, -0.25) is 9.59 Å². The molecule has 0 spiro atoms. The molecule has 0 aromatic heterocycles. The molecule has 1 heterocycles. The van der Waals surface area contributed by atoms with Gasteiger partial charge in [-0.05, 0) is 50.4 Å². The Bertz CT molecular complexity index is 797. The molecule has 6 heteroatoms. The molecular weight excluding hydrogens is 342 g/mol. The van der Waals surface area contributed by atoms with Crippen molar-refractivity contribution in [2.24, 2.45) is 0 Å². The first kappa shape index (κ1) is 18.9. The number of hydrogen-bond donors (Lipinski definition) is 1. The first-order valence-corrected chi connectivity index (χ1v) is 9.19. The van der Waals surface area contributed by atoms with Gasteiger partial charge in [0.2, 0.25) is 0 Å². The topological polar surface area (TPSA) is 61.9 Å². The number of likely N-dealkylation sites (N-methyl/N-ethyl adjacent to an activating group) is 1. The molecule has 6 nitrogen and oxygen atoms in total. The van der Waals surface area contributed by atoms with Gasteiger partial charge in [0.15, 0.2) is 0 Å². The highest BCUT2D eigenvalue weighted by Gasteiger charge is 2.23. The third-order valence-corrected chi connectivity index (χ3v) is 4.62. The van der Waals surface area contributed by atoms with Gasteiger partial charge in [-0.15, -0.1) is 0 Å². The Morgan fingerprint density at radius 2 is 1.67 bits per heavy atom. The summed E-state index contributed by atoms with van der Waals surface area (Å²) in [6, 6.07) is 14.1. The number of hydrogen-bond acceptors (Lipinski definition) is 4. The van der Waals surface area contributed by atoms with Crippen LogP contribution in [0.15, 0.2) is 48.5 Å². The van der Waals surface area contributed by atoms with Crippen molar-refractivity contribution in [3.8, 4) is 5.75 Å². The molecule has 0 atom stereocenters. The summed E-state index contributed by atoms with van der Waals surface area (Å²) in [5.41, 5.74) is 1.56. The molecule has 0 bridgehead atoms. The molecule has 2 amide bonds. The molecule has 142 valence electrons. The van der Waals surface area contributed by atoms with E-state index in [-0.39, 0.29) is 11.8 Å². The van der Waals surface area contributed by atoms with E-state index in [4.69, 9.17) is 4.74 Å². The van der Waals surface area contributed by atoms with E-state index in [9.17, 15) is 9.59 Å². The fourth-order valence-electron chi connectivity index (χ4n) is 3.02. The van der Waals surface area contributed by atoms with Crippen molar-refractivity contribution in [2.45, 2.75) is 6.92 Å². The third-order valence-electron chi connectivity index (χ3n) is 4.62. The third kappa shape index (κ3) is 4.65. The first-order chi connectivity index (χ1) is 13.1. The maximum Gasteiger partial charge on any atom is 0.256 e. The molecule has 1 fully saturated rings. The molecule has 0 radical (unpaired) electrons. The standard InChI is InChI=1S/C21H25N3O3/c1-3-27-17-10-8-16(9-11-17)20(25)22-19-7-5-4-6-18(19)21(26)24-14-12-23(2)13-15-24/h4-11H,3,12-15H2,1-2H3,(H,22,25). The first-order valence-electron chi connectivity index (χ1n) is 9.19. The van der Waals surface area contributed by atoms with Gasteiger partial charge in [0.1, 0.15) is 5.75 Å². The molecule has 1 aliphatic rings. The van der Waals surface area contributed by atoms with Crippen molar-refractivity contribution < 1.29 is 14.3 Å². The Morgan fingerprint density at radius 3 is 2.33 bits per heavy atom. The second kappa shape index (κ2) is 8.68. The zero-order chi connectivity index (χ0) is 19.2. The number of benzene rings is 2. The van der Waals surface area contributed by atoms with Crippen molar-refractivity contribution >= 4 is 17.5 Å². The van der Waals surface area contributed by atoms with Crippen LogP contribution in [-0.4, -0.2) is 61.4 Å². The number of piperazine rings is 1. The summed E-state index contributed by atoms with van der Waals surface area (Å²) in [5.74, 6) is 0.419. The number of nitrogens with one attached hydrogen (secondary N) is 1. The van der Waals surface area contributed by atoms with Crippen LogP contribution in [-0.2, 0) is 0 Å². The number of amides is 2. The lowest BCUT2D eigenvalue weighted by Crippen LogP contribution is -2.47. The number of para-hydroxylation sites is 1. The smallest absolute Gasteiger partial charge is 0.256 e. The second-order valence-corrected chi connectivity index (χ2v) is 6.55. The highest BCUT2D eigenvalue weighted by molar-refractivity contribution is 6.09. The molecule has 3 rings (SSSR count). The van der Waals surface area contributed by atoms with Crippen LogP contribution in [0.1, 0.15) is 27.6 Å². The maximum absolute atomic E-state index is 12.9. The Labute approximate surface area is 159 Å². The fourth-order valence-corrected chi connectivity index (χ4v) is 3.02. The summed E-state index contributed by atoms with van der Waals surface area (Å²) in [5, 5.41) is 2.87. The monoisotopic (exact) mass is 367 g/mol. The number of carbonyl (C=O) groups excluding carboxylic acids is 2. The van der Waals surface area contributed by atoms with Gasteiger partial charge in [-0.2, -0.15) is 0 Å². The number of nitrogens with zero attached hydrogens (tertiary/aromatic N) is 2. The van der Waals surface area contributed by atoms with E-state index in [2.05, 4.69) is 10.2 Å². The minimum absolute atomic E-state index is 0.0503. The Kier molecular flexibility index (Phi) is 6.08. The average Bonchev–Trinajstić information content (AvgIpc) is 2.69. The van der Waals surface area contributed by atoms with Crippen LogP contribution in [0.4, 0.5) is 5.69 Å². The highest BCUT2D eigenvalue weighted by atomic mass is 16.5. The van der Waals surface area contributed by atoms with Gasteiger partial charge in [0.25, 0.3) is 11.8 Å². The highest BCUT2D eigenvalue weighted by Crippen LogP contribution is 2.20. The van der Waals surface area contributed by atoms with E-state index >= 15 is 0 Å². The van der Waals surface area contributed by atoms with Gasteiger partial charge in [0, 0.05) is 31.7 Å². The fraction of sp³-hybridized carbons (Fsp3) is 0.333. The van der Waals surface area contributed by atoms with Crippen molar-refractivity contribution in [2.75, 3.05) is 45.2 Å². The van der Waals surface area contributed by atoms with Crippen molar-refractivity contribution in [3.63, 3.8) is 0 Å². The van der Waals surface area contributed by atoms with Crippen molar-refractivity contribution in [1.29, 1.82) is 0 Å². The number of ether oxygens (including phenoxy) is 1. The predicted octanol–water partition coefficient (Wildman–Crippen LogP) is 2.73. The molecule has 1 aliphatic heterocycles. The molecule has 2 aromatic rings. The Morgan fingerprint density at radius 1 is 1.00 bits per heavy atom. The largest absolute Gasteiger partial charge is 0.494 e. The van der Waals surface area contributed by atoms with Gasteiger partial charge in [0.05, 0.1) is 17.9 Å². The quantitative estimate of drug-likeness (QED) is 0.883. The molecule has 0 aliphatic carbocycles. The summed E-state index contributed by atoms with van der Waals surface area (Å²) < 4.78 is 5.40. The van der Waals surface area contributed by atoms with Crippen LogP contribution in [0.25, 0.3) is 0 Å². The van der Waals surface area contributed by atoms with E-state index in [1.54, 1.807) is 36.4 Å². The summed E-state index contributed by atoms with van der Waals surface area (Å²) in [6.45, 7) is 5.58. The summed E-state index contributed by atoms with van der Waals surface area (Å²) in [7, 11) is 2.05. The maximum atomic E-state index is 12.9. The molecule has 2 aromatic carbocycles. The molecule has 27 heavy (non-hydrogen) atoms. The van der Waals surface area contributed by atoms with Gasteiger partial charge in [-0.25, -0.2) is 0 Å². The lowest BCUT2D eigenvalue weighted by atomic mass is 10.1. The normalized spacial score (nSPS) is 14.7. The summed E-state index contributed by atoms with van der Waals surface area (Å²) in [6.07, 6.45) is 0. The minimum Gasteiger partial charge on any atom is -0.494 e. The van der Waals surface area contributed by atoms with Gasteiger partial charge < -0.3 is 19.9 Å². The minimum atomic E-state index is -0.253. The zero-order valence-electron chi connectivity index (χ0n) is 15.8. The van der Waals surface area contributed by atoms with E-state index in [1.807, 2.05) is 31.0 Å². The molecule has 0 saturated carbocycles. The van der Waals surface area contributed by atoms with Crippen molar-refractivity contribution in [1.82, 2.24) is 9.80 Å². The molecular formula is C21H25N3O3. The van der Waals surface area contributed by atoms with Gasteiger partial charge in [-0.1, -0.05) is 12.1 Å². The van der Waals surface area contributed by atoms with E-state index in [0.717, 1.165) is 18.8 Å².